The van der Waals surface area contributed by atoms with E-state index in [-0.39, 0.29) is 35.9 Å². The molecule has 0 aromatic heterocycles. The summed E-state index contributed by atoms with van der Waals surface area (Å²) in [5, 5.41) is 2.71. The first-order valence-electron chi connectivity index (χ1n) is 9.57. The highest BCUT2D eigenvalue weighted by Gasteiger charge is 2.49. The van der Waals surface area contributed by atoms with Crippen molar-refractivity contribution in [1.82, 2.24) is 0 Å². The molecule has 162 valence electrons. The maximum absolute atomic E-state index is 13.9. The van der Waals surface area contributed by atoms with Crippen LogP contribution in [-0.2, 0) is 23.9 Å². The number of rotatable bonds is 7. The molecule has 1 atom stereocenters. The van der Waals surface area contributed by atoms with Crippen LogP contribution in [0.25, 0.3) is 0 Å². The predicted molar refractivity (Wildman–Crippen MR) is 108 cm³/mol. The third-order valence-electron chi connectivity index (χ3n) is 4.42. The summed E-state index contributed by atoms with van der Waals surface area (Å²) in [6.07, 6.45) is 0. The zero-order valence-corrected chi connectivity index (χ0v) is 16.9. The van der Waals surface area contributed by atoms with Gasteiger partial charge in [-0.3, -0.25) is 9.69 Å². The van der Waals surface area contributed by atoms with Crippen LogP contribution in [0.15, 0.2) is 59.8 Å². The number of carbonyl (C=O) groups is 3. The molecule has 0 spiro atoms. The lowest BCUT2D eigenvalue weighted by molar-refractivity contribution is -0.147. The van der Waals surface area contributed by atoms with Gasteiger partial charge in [-0.25, -0.2) is 18.4 Å². The van der Waals surface area contributed by atoms with Crippen molar-refractivity contribution in [3.05, 3.63) is 71.4 Å². The molecule has 9 heteroatoms. The molecule has 0 fully saturated rings. The molecule has 2 aromatic rings. The number of benzene rings is 2. The molecule has 3 rings (SSSR count). The summed E-state index contributed by atoms with van der Waals surface area (Å²) in [6, 6.07) is 8.72. The van der Waals surface area contributed by atoms with Crippen LogP contribution in [0.3, 0.4) is 0 Å². The summed E-state index contributed by atoms with van der Waals surface area (Å²) >= 11 is 0. The SMILES string of the molecule is CCOC(=O)C1=C(Nc2cccc(F)c2)C(=O)N(c2cccc(F)c2)C1C(=O)OCC. The minimum absolute atomic E-state index is 0.0106. The van der Waals surface area contributed by atoms with E-state index in [9.17, 15) is 23.2 Å². The first kappa shape index (κ1) is 21.9. The lowest BCUT2D eigenvalue weighted by Gasteiger charge is -2.24. The molecule has 31 heavy (non-hydrogen) atoms. The van der Waals surface area contributed by atoms with E-state index >= 15 is 0 Å². The second-order valence-corrected chi connectivity index (χ2v) is 6.45. The smallest absolute Gasteiger partial charge is 0.339 e. The number of hydrogen-bond donors (Lipinski definition) is 1. The molecule has 1 aliphatic heterocycles. The fourth-order valence-electron chi connectivity index (χ4n) is 3.21. The van der Waals surface area contributed by atoms with Crippen LogP contribution < -0.4 is 10.2 Å². The Morgan fingerprint density at radius 2 is 1.65 bits per heavy atom. The lowest BCUT2D eigenvalue weighted by atomic mass is 10.1. The van der Waals surface area contributed by atoms with Gasteiger partial charge in [0.15, 0.2) is 6.04 Å². The number of anilines is 2. The Bertz CT molecular complexity index is 1050. The summed E-state index contributed by atoms with van der Waals surface area (Å²) in [7, 11) is 0. The molecule has 1 N–H and O–H groups in total. The average molecular weight is 430 g/mol. The monoisotopic (exact) mass is 430 g/mol. The number of amides is 1. The molecule has 0 bridgehead atoms. The quantitative estimate of drug-likeness (QED) is 0.680. The Kier molecular flexibility index (Phi) is 6.64. The third kappa shape index (κ3) is 4.55. The number of hydrogen-bond acceptors (Lipinski definition) is 6. The first-order valence-corrected chi connectivity index (χ1v) is 9.57. The van der Waals surface area contributed by atoms with Crippen molar-refractivity contribution in [3.8, 4) is 0 Å². The first-order chi connectivity index (χ1) is 14.9. The number of nitrogens with one attached hydrogen (secondary N) is 1. The van der Waals surface area contributed by atoms with Crippen molar-refractivity contribution < 1.29 is 32.6 Å². The largest absolute Gasteiger partial charge is 0.464 e. The van der Waals surface area contributed by atoms with Gasteiger partial charge in [0.05, 0.1) is 13.2 Å². The van der Waals surface area contributed by atoms with Gasteiger partial charge in [-0.2, -0.15) is 0 Å². The van der Waals surface area contributed by atoms with Gasteiger partial charge in [0.2, 0.25) is 0 Å². The van der Waals surface area contributed by atoms with E-state index in [4.69, 9.17) is 9.47 Å². The van der Waals surface area contributed by atoms with Crippen LogP contribution in [0.1, 0.15) is 13.8 Å². The predicted octanol–water partition coefficient (Wildman–Crippen LogP) is 3.17. The highest BCUT2D eigenvalue weighted by atomic mass is 19.1. The van der Waals surface area contributed by atoms with E-state index in [1.165, 1.54) is 36.4 Å². The van der Waals surface area contributed by atoms with Crippen molar-refractivity contribution in [1.29, 1.82) is 0 Å². The Hall–Kier alpha value is -3.75. The zero-order valence-electron chi connectivity index (χ0n) is 16.9. The zero-order chi connectivity index (χ0) is 22.5. The van der Waals surface area contributed by atoms with Crippen LogP contribution >= 0.6 is 0 Å². The molecule has 0 aliphatic carbocycles. The highest BCUT2D eigenvalue weighted by molar-refractivity contribution is 6.22. The van der Waals surface area contributed by atoms with Gasteiger partial charge in [-0.15, -0.1) is 0 Å². The van der Waals surface area contributed by atoms with E-state index in [1.807, 2.05) is 0 Å². The van der Waals surface area contributed by atoms with Crippen LogP contribution in [0.2, 0.25) is 0 Å². The van der Waals surface area contributed by atoms with Crippen LogP contribution in [0, 0.1) is 11.6 Å². The van der Waals surface area contributed by atoms with Crippen molar-refractivity contribution in [2.45, 2.75) is 19.9 Å². The fourth-order valence-corrected chi connectivity index (χ4v) is 3.21. The van der Waals surface area contributed by atoms with Crippen LogP contribution in [0.4, 0.5) is 20.2 Å². The summed E-state index contributed by atoms with van der Waals surface area (Å²) in [6.45, 7) is 3.11. The average Bonchev–Trinajstić information content (AvgIpc) is 3.01. The van der Waals surface area contributed by atoms with E-state index in [1.54, 1.807) is 13.8 Å². The topological polar surface area (TPSA) is 84.9 Å². The van der Waals surface area contributed by atoms with Gasteiger partial charge in [-0.05, 0) is 50.2 Å². The van der Waals surface area contributed by atoms with E-state index < -0.39 is 35.5 Å². The maximum Gasteiger partial charge on any atom is 0.339 e. The summed E-state index contributed by atoms with van der Waals surface area (Å²) in [5.41, 5.74) is -0.375. The Morgan fingerprint density at radius 1 is 1.00 bits per heavy atom. The van der Waals surface area contributed by atoms with Gasteiger partial charge < -0.3 is 14.8 Å². The van der Waals surface area contributed by atoms with Gasteiger partial charge in [0.1, 0.15) is 22.9 Å². The minimum atomic E-state index is -1.51. The number of carbonyl (C=O) groups excluding carboxylic acids is 3. The second kappa shape index (κ2) is 9.38. The molecule has 0 saturated carbocycles. The van der Waals surface area contributed by atoms with Gasteiger partial charge in [0.25, 0.3) is 5.91 Å². The molecule has 1 heterocycles. The Morgan fingerprint density at radius 3 is 2.26 bits per heavy atom. The van der Waals surface area contributed by atoms with E-state index in [2.05, 4.69) is 5.32 Å². The van der Waals surface area contributed by atoms with Crippen molar-refractivity contribution in [2.75, 3.05) is 23.4 Å². The van der Waals surface area contributed by atoms with Crippen molar-refractivity contribution >= 4 is 29.2 Å². The van der Waals surface area contributed by atoms with Crippen molar-refractivity contribution in [3.63, 3.8) is 0 Å². The molecule has 1 aliphatic rings. The number of halogens is 2. The molecule has 0 saturated heterocycles. The Balaban J connectivity index is 2.16. The maximum atomic E-state index is 13.9. The van der Waals surface area contributed by atoms with Gasteiger partial charge >= 0.3 is 11.9 Å². The molecule has 2 aromatic carbocycles. The van der Waals surface area contributed by atoms with E-state index in [0.29, 0.717) is 0 Å². The number of nitrogens with zero attached hydrogens (tertiary/aromatic N) is 1. The standard InChI is InChI=1S/C22H20F2N2O5/c1-3-30-21(28)17-18(25-15-9-5-7-13(23)11-15)20(27)26(19(17)22(29)31-4-2)16-10-6-8-14(24)12-16/h5-12,19,25H,3-4H2,1-2H3. The Labute approximate surface area is 177 Å². The number of esters is 2. The third-order valence-corrected chi connectivity index (χ3v) is 4.42. The van der Waals surface area contributed by atoms with E-state index in [0.717, 1.165) is 17.0 Å². The highest BCUT2D eigenvalue weighted by Crippen LogP contribution is 2.34. The second-order valence-electron chi connectivity index (χ2n) is 6.45. The molecular weight excluding hydrogens is 410 g/mol. The molecule has 1 unspecified atom stereocenters. The summed E-state index contributed by atoms with van der Waals surface area (Å²) in [5.74, 6) is -3.82. The lowest BCUT2D eigenvalue weighted by Crippen LogP contribution is -2.43. The fraction of sp³-hybridized carbons (Fsp3) is 0.227. The van der Waals surface area contributed by atoms with Gasteiger partial charge in [0, 0.05) is 11.4 Å². The minimum Gasteiger partial charge on any atom is -0.464 e. The van der Waals surface area contributed by atoms with Gasteiger partial charge in [-0.1, -0.05) is 12.1 Å². The molecule has 1 amide bonds. The van der Waals surface area contributed by atoms with Crippen LogP contribution in [0.5, 0.6) is 0 Å². The number of ether oxygens (including phenoxy) is 2. The molecular formula is C22H20F2N2O5. The summed E-state index contributed by atoms with van der Waals surface area (Å²) in [4.78, 5) is 39.8. The molecule has 0 radical (unpaired) electrons. The van der Waals surface area contributed by atoms with Crippen molar-refractivity contribution in [2.24, 2.45) is 0 Å². The molecule has 7 nitrogen and oxygen atoms in total. The van der Waals surface area contributed by atoms with Crippen LogP contribution in [-0.4, -0.2) is 37.1 Å². The summed E-state index contributed by atoms with van der Waals surface area (Å²) < 4.78 is 37.7. The normalized spacial score (nSPS) is 15.8.